The monoisotopic (exact) mass is 438 g/mol. The third kappa shape index (κ3) is 4.37. The fourth-order valence-electron chi connectivity index (χ4n) is 4.20. The summed E-state index contributed by atoms with van der Waals surface area (Å²) >= 11 is 1.79. The maximum absolute atomic E-state index is 9.87. The molecule has 31 heavy (non-hydrogen) atoms. The molecular weight excluding hydrogens is 408 g/mol. The van der Waals surface area contributed by atoms with Crippen molar-refractivity contribution in [3.8, 4) is 11.5 Å². The molecule has 2 heterocycles. The minimum atomic E-state index is 0.124. The van der Waals surface area contributed by atoms with Gasteiger partial charge in [-0.15, -0.1) is 11.3 Å². The number of aromatic nitrogens is 2. The van der Waals surface area contributed by atoms with Gasteiger partial charge in [0.05, 0.1) is 18.2 Å². The molecule has 0 bridgehead atoms. The Morgan fingerprint density at radius 1 is 1.32 bits per heavy atom. The molecule has 1 aliphatic rings. The number of anilines is 1. The van der Waals surface area contributed by atoms with Crippen molar-refractivity contribution >= 4 is 33.6 Å². The molecule has 0 aliphatic heterocycles. The number of nitrogens with zero attached hydrogens (tertiary/aromatic N) is 3. The van der Waals surface area contributed by atoms with E-state index in [2.05, 4.69) is 41.3 Å². The van der Waals surface area contributed by atoms with Crippen molar-refractivity contribution in [3.63, 3.8) is 0 Å². The van der Waals surface area contributed by atoms with Crippen molar-refractivity contribution < 1.29 is 9.84 Å². The van der Waals surface area contributed by atoms with E-state index < -0.39 is 0 Å². The second kappa shape index (κ2) is 8.83. The first-order chi connectivity index (χ1) is 14.9. The standard InChI is InChI=1S/C24H30N4O2S/c1-5-24(3,4)16-8-10-20-17(12-16)21-22(25-14-26-23(21)31-20)28-27-13-15-7-9-18(29)19(11-15)30-6-2/h7,9,11,13-14,16,29H,5-6,8,10,12H2,1-4H3,(H,25,26,28)/b27-13+/t16-/m1/s1. The largest absolute Gasteiger partial charge is 0.504 e. The lowest BCUT2D eigenvalue weighted by Crippen LogP contribution is -2.28. The van der Waals surface area contributed by atoms with Crippen LogP contribution in [-0.4, -0.2) is 27.9 Å². The van der Waals surface area contributed by atoms with Gasteiger partial charge in [-0.2, -0.15) is 5.10 Å². The highest BCUT2D eigenvalue weighted by Gasteiger charge is 2.33. The van der Waals surface area contributed by atoms with Crippen LogP contribution in [-0.2, 0) is 12.8 Å². The highest BCUT2D eigenvalue weighted by atomic mass is 32.1. The van der Waals surface area contributed by atoms with Crippen molar-refractivity contribution in [3.05, 3.63) is 40.5 Å². The van der Waals surface area contributed by atoms with Gasteiger partial charge in [-0.3, -0.25) is 5.43 Å². The number of hydrogen-bond donors (Lipinski definition) is 2. The van der Waals surface area contributed by atoms with E-state index in [9.17, 15) is 5.11 Å². The number of ether oxygens (including phenoxy) is 1. The molecule has 2 aromatic heterocycles. The summed E-state index contributed by atoms with van der Waals surface area (Å²) in [7, 11) is 0. The number of nitrogens with one attached hydrogen (secondary N) is 1. The zero-order valence-electron chi connectivity index (χ0n) is 18.6. The molecule has 0 amide bonds. The van der Waals surface area contributed by atoms with Crippen LogP contribution >= 0.6 is 11.3 Å². The number of phenolic OH excluding ortho intramolecular Hbond substituents is 1. The Labute approximate surface area is 187 Å². The van der Waals surface area contributed by atoms with E-state index in [1.54, 1.807) is 42.1 Å². The number of hydrazone groups is 1. The molecule has 0 fully saturated rings. The molecule has 7 heteroatoms. The lowest BCUT2D eigenvalue weighted by molar-refractivity contribution is 0.184. The molecule has 1 aliphatic carbocycles. The Morgan fingerprint density at radius 3 is 2.94 bits per heavy atom. The zero-order valence-corrected chi connectivity index (χ0v) is 19.4. The second-order valence-corrected chi connectivity index (χ2v) is 9.80. The normalized spacial score (nSPS) is 16.6. The van der Waals surface area contributed by atoms with Crippen LogP contribution < -0.4 is 10.2 Å². The van der Waals surface area contributed by atoms with E-state index in [-0.39, 0.29) is 5.75 Å². The predicted molar refractivity (Wildman–Crippen MR) is 127 cm³/mol. The van der Waals surface area contributed by atoms with E-state index in [1.807, 2.05) is 6.92 Å². The van der Waals surface area contributed by atoms with Gasteiger partial charge in [0.25, 0.3) is 0 Å². The van der Waals surface area contributed by atoms with Crippen LogP contribution in [0.4, 0.5) is 5.82 Å². The molecule has 3 aromatic rings. The van der Waals surface area contributed by atoms with Crippen molar-refractivity contribution in [2.24, 2.45) is 16.4 Å². The number of hydrogen-bond acceptors (Lipinski definition) is 7. The van der Waals surface area contributed by atoms with Crippen molar-refractivity contribution in [2.45, 2.75) is 53.4 Å². The Balaban J connectivity index is 1.60. The van der Waals surface area contributed by atoms with E-state index >= 15 is 0 Å². The van der Waals surface area contributed by atoms with Crippen LogP contribution in [0.25, 0.3) is 10.2 Å². The first-order valence-electron chi connectivity index (χ1n) is 10.9. The fraction of sp³-hybridized carbons (Fsp3) is 0.458. The average Bonchev–Trinajstić information content (AvgIpc) is 3.15. The molecule has 0 saturated carbocycles. The summed E-state index contributed by atoms with van der Waals surface area (Å²) in [5.41, 5.74) is 5.67. The molecule has 6 nitrogen and oxygen atoms in total. The minimum absolute atomic E-state index is 0.124. The topological polar surface area (TPSA) is 79.6 Å². The van der Waals surface area contributed by atoms with Crippen LogP contribution in [0.2, 0.25) is 0 Å². The number of phenols is 1. The lowest BCUT2D eigenvalue weighted by Gasteiger charge is -2.36. The molecule has 4 rings (SSSR count). The van der Waals surface area contributed by atoms with Gasteiger partial charge in [0.2, 0.25) is 0 Å². The summed E-state index contributed by atoms with van der Waals surface area (Å²) in [6.45, 7) is 9.42. The fourth-order valence-corrected chi connectivity index (χ4v) is 5.38. The molecule has 164 valence electrons. The van der Waals surface area contributed by atoms with Crippen LogP contribution in [0.5, 0.6) is 11.5 Å². The second-order valence-electron chi connectivity index (χ2n) is 8.72. The first kappa shape index (κ1) is 21.6. The van der Waals surface area contributed by atoms with Gasteiger partial charge in [0, 0.05) is 4.88 Å². The van der Waals surface area contributed by atoms with Crippen LogP contribution in [0.15, 0.2) is 29.6 Å². The van der Waals surface area contributed by atoms with Crippen molar-refractivity contribution in [1.82, 2.24) is 9.97 Å². The molecule has 0 spiro atoms. The van der Waals surface area contributed by atoms with Crippen molar-refractivity contribution in [1.29, 1.82) is 0 Å². The van der Waals surface area contributed by atoms with E-state index in [0.717, 1.165) is 34.4 Å². The van der Waals surface area contributed by atoms with Gasteiger partial charge in [0.1, 0.15) is 11.2 Å². The number of thiophene rings is 1. The maximum atomic E-state index is 9.87. The molecule has 0 unspecified atom stereocenters. The highest BCUT2D eigenvalue weighted by molar-refractivity contribution is 7.19. The highest BCUT2D eigenvalue weighted by Crippen LogP contribution is 2.45. The van der Waals surface area contributed by atoms with Gasteiger partial charge in [-0.25, -0.2) is 9.97 Å². The van der Waals surface area contributed by atoms with E-state index in [0.29, 0.717) is 23.7 Å². The molecule has 2 N–H and O–H groups in total. The molecule has 1 atom stereocenters. The van der Waals surface area contributed by atoms with E-state index in [1.165, 1.54) is 23.3 Å². The molecule has 1 aromatic carbocycles. The summed E-state index contributed by atoms with van der Waals surface area (Å²) in [6.07, 6.45) is 7.90. The number of benzene rings is 1. The lowest BCUT2D eigenvalue weighted by atomic mass is 9.69. The van der Waals surface area contributed by atoms with Gasteiger partial charge in [0.15, 0.2) is 17.3 Å². The minimum Gasteiger partial charge on any atom is -0.504 e. The Morgan fingerprint density at radius 2 is 2.16 bits per heavy atom. The quantitative estimate of drug-likeness (QED) is 0.361. The molecule has 0 radical (unpaired) electrons. The first-order valence-corrected chi connectivity index (χ1v) is 11.7. The third-order valence-corrected chi connectivity index (χ3v) is 7.73. The van der Waals surface area contributed by atoms with Gasteiger partial charge < -0.3 is 9.84 Å². The molecule has 0 saturated heterocycles. The predicted octanol–water partition coefficient (Wildman–Crippen LogP) is 5.78. The summed E-state index contributed by atoms with van der Waals surface area (Å²) in [5.74, 6) is 1.98. The SMILES string of the molecule is CCOc1cc(/C=N/Nc2ncnc3sc4c(c23)C[C@H](C(C)(C)CC)CC4)ccc1O. The van der Waals surface area contributed by atoms with Crippen LogP contribution in [0.3, 0.4) is 0 Å². The third-order valence-electron chi connectivity index (χ3n) is 6.53. The number of fused-ring (bicyclic) bond motifs is 3. The van der Waals surface area contributed by atoms with Crippen LogP contribution in [0.1, 0.15) is 56.5 Å². The number of aromatic hydroxyl groups is 1. The zero-order chi connectivity index (χ0) is 22.0. The summed E-state index contributed by atoms with van der Waals surface area (Å²) in [6, 6.07) is 5.17. The van der Waals surface area contributed by atoms with Gasteiger partial charge >= 0.3 is 0 Å². The van der Waals surface area contributed by atoms with E-state index in [4.69, 9.17) is 4.74 Å². The maximum Gasteiger partial charge on any atom is 0.161 e. The molecular formula is C24H30N4O2S. The van der Waals surface area contributed by atoms with Crippen molar-refractivity contribution in [2.75, 3.05) is 12.0 Å². The number of rotatable bonds is 7. The van der Waals surface area contributed by atoms with Gasteiger partial charge in [-0.1, -0.05) is 27.2 Å². The average molecular weight is 439 g/mol. The Hall–Kier alpha value is -2.67. The summed E-state index contributed by atoms with van der Waals surface area (Å²) in [5, 5.41) is 15.4. The van der Waals surface area contributed by atoms with Gasteiger partial charge in [-0.05, 0) is 66.8 Å². The number of aryl methyl sites for hydroxylation is 1. The summed E-state index contributed by atoms with van der Waals surface area (Å²) < 4.78 is 5.45. The summed E-state index contributed by atoms with van der Waals surface area (Å²) in [4.78, 5) is 11.5. The Bertz CT molecular complexity index is 1110. The Kier molecular flexibility index (Phi) is 6.14. The van der Waals surface area contributed by atoms with Crippen LogP contribution in [0, 0.1) is 11.3 Å². The smallest absolute Gasteiger partial charge is 0.161 e.